The van der Waals surface area contributed by atoms with Gasteiger partial charge in [-0.1, -0.05) is 0 Å². The number of benzene rings is 1. The summed E-state index contributed by atoms with van der Waals surface area (Å²) in [5.74, 6) is 0.546. The lowest BCUT2D eigenvalue weighted by Gasteiger charge is -2.14. The molecule has 1 atom stereocenters. The summed E-state index contributed by atoms with van der Waals surface area (Å²) >= 11 is 0. The molecule has 0 saturated carbocycles. The second-order valence-electron chi connectivity index (χ2n) is 6.35. The number of hydrogen-bond donors (Lipinski definition) is 1. The first kappa shape index (κ1) is 17.2. The normalized spacial score (nSPS) is 12.5. The summed E-state index contributed by atoms with van der Waals surface area (Å²) in [5.41, 5.74) is 4.09. The van der Waals surface area contributed by atoms with E-state index in [1.54, 1.807) is 16.8 Å². The molecule has 0 bridgehead atoms. The monoisotopic (exact) mass is 342 g/mol. The molecule has 2 heterocycles. The van der Waals surface area contributed by atoms with Gasteiger partial charge >= 0.3 is 5.63 Å². The number of ether oxygens (including phenoxy) is 1. The third-order valence-electron chi connectivity index (χ3n) is 4.49. The molecule has 0 unspecified atom stereocenters. The van der Waals surface area contributed by atoms with Gasteiger partial charge in [0.1, 0.15) is 24.0 Å². The first-order chi connectivity index (χ1) is 11.8. The second kappa shape index (κ2) is 6.72. The highest BCUT2D eigenvalue weighted by Gasteiger charge is 2.13. The van der Waals surface area contributed by atoms with Gasteiger partial charge < -0.3 is 14.3 Å². The molecule has 3 aromatic rings. The van der Waals surface area contributed by atoms with Crippen LogP contribution < -0.4 is 10.4 Å². The molecular weight excluding hydrogens is 320 g/mol. The van der Waals surface area contributed by atoms with Gasteiger partial charge in [0.25, 0.3) is 0 Å². The highest BCUT2D eigenvalue weighted by atomic mass is 16.5. The van der Waals surface area contributed by atoms with Crippen molar-refractivity contribution < 1.29 is 14.3 Å². The van der Waals surface area contributed by atoms with Gasteiger partial charge in [-0.25, -0.2) is 4.79 Å². The molecule has 2 aromatic heterocycles. The Labute approximate surface area is 145 Å². The fraction of sp³-hybridized carbons (Fsp3) is 0.368. The van der Waals surface area contributed by atoms with E-state index in [2.05, 4.69) is 5.10 Å². The highest BCUT2D eigenvalue weighted by Crippen LogP contribution is 2.22. The zero-order valence-corrected chi connectivity index (χ0v) is 14.9. The molecular formula is C19H22N2O4. The minimum atomic E-state index is -0.697. The summed E-state index contributed by atoms with van der Waals surface area (Å²) in [6, 6.07) is 6.78. The molecule has 0 aliphatic carbocycles. The summed E-state index contributed by atoms with van der Waals surface area (Å²) in [6.45, 7) is 8.30. The zero-order chi connectivity index (χ0) is 18.1. The minimum absolute atomic E-state index is 0.124. The smallest absolute Gasteiger partial charge is 0.336 e. The molecule has 0 radical (unpaired) electrons. The Morgan fingerprint density at radius 1 is 1.24 bits per heavy atom. The average Bonchev–Trinajstić information content (AvgIpc) is 2.79. The average molecular weight is 342 g/mol. The zero-order valence-electron chi connectivity index (χ0n) is 14.9. The van der Waals surface area contributed by atoms with Gasteiger partial charge in [0.2, 0.25) is 0 Å². The number of nitrogens with zero attached hydrogens (tertiary/aromatic N) is 2. The molecule has 3 rings (SSSR count). The Hall–Kier alpha value is -2.60. The summed E-state index contributed by atoms with van der Waals surface area (Å²) in [6.07, 6.45) is -0.697. The Balaban J connectivity index is 1.69. The third-order valence-corrected chi connectivity index (χ3v) is 4.49. The fourth-order valence-electron chi connectivity index (χ4n) is 2.80. The number of aromatic nitrogens is 2. The van der Waals surface area contributed by atoms with E-state index in [9.17, 15) is 9.90 Å². The van der Waals surface area contributed by atoms with Crippen LogP contribution in [0.1, 0.15) is 22.5 Å². The van der Waals surface area contributed by atoms with Gasteiger partial charge in [0.05, 0.1) is 12.2 Å². The van der Waals surface area contributed by atoms with Crippen LogP contribution in [0.25, 0.3) is 11.0 Å². The summed E-state index contributed by atoms with van der Waals surface area (Å²) < 4.78 is 12.6. The molecule has 0 spiro atoms. The number of aryl methyl sites for hydroxylation is 2. The number of aliphatic hydroxyl groups excluding tert-OH is 1. The van der Waals surface area contributed by atoms with E-state index < -0.39 is 6.10 Å². The number of hydrogen-bond acceptors (Lipinski definition) is 5. The molecule has 25 heavy (non-hydrogen) atoms. The van der Waals surface area contributed by atoms with E-state index in [0.29, 0.717) is 17.9 Å². The lowest BCUT2D eigenvalue weighted by atomic mass is 10.1. The molecule has 1 N–H and O–H groups in total. The molecule has 132 valence electrons. The van der Waals surface area contributed by atoms with Crippen molar-refractivity contribution in [3.63, 3.8) is 0 Å². The molecule has 0 aliphatic rings. The standard InChI is InChI=1S/C19H22N2O4/c1-11-7-19(23)25-18-8-16(5-6-17(11)18)24-10-15(22)9-21-14(4)12(2)13(3)20-21/h5-8,15,22H,9-10H2,1-4H3/t15-/m0/s1. The van der Waals surface area contributed by atoms with Gasteiger partial charge in [0.15, 0.2) is 0 Å². The Morgan fingerprint density at radius 3 is 2.68 bits per heavy atom. The summed E-state index contributed by atoms with van der Waals surface area (Å²) in [5, 5.41) is 15.5. The quantitative estimate of drug-likeness (QED) is 0.721. The van der Waals surface area contributed by atoms with Gasteiger partial charge in [-0.2, -0.15) is 5.10 Å². The molecule has 0 amide bonds. The first-order valence-corrected chi connectivity index (χ1v) is 8.21. The number of rotatable bonds is 5. The van der Waals surface area contributed by atoms with Crippen molar-refractivity contribution in [2.45, 2.75) is 40.3 Å². The van der Waals surface area contributed by atoms with E-state index in [-0.39, 0.29) is 12.2 Å². The van der Waals surface area contributed by atoms with Crippen molar-refractivity contribution in [1.82, 2.24) is 9.78 Å². The van der Waals surface area contributed by atoms with Crippen LogP contribution in [0.15, 0.2) is 33.5 Å². The topological polar surface area (TPSA) is 77.5 Å². The van der Waals surface area contributed by atoms with Crippen LogP contribution >= 0.6 is 0 Å². The molecule has 1 aromatic carbocycles. The van der Waals surface area contributed by atoms with Crippen LogP contribution in [0.3, 0.4) is 0 Å². The van der Waals surface area contributed by atoms with E-state index in [1.165, 1.54) is 6.07 Å². The molecule has 6 heteroatoms. The van der Waals surface area contributed by atoms with Crippen molar-refractivity contribution in [3.05, 3.63) is 57.2 Å². The van der Waals surface area contributed by atoms with Gasteiger partial charge in [-0.15, -0.1) is 0 Å². The van der Waals surface area contributed by atoms with Crippen molar-refractivity contribution in [2.24, 2.45) is 0 Å². The van der Waals surface area contributed by atoms with Crippen molar-refractivity contribution in [3.8, 4) is 5.75 Å². The van der Waals surface area contributed by atoms with Crippen LogP contribution in [0.4, 0.5) is 0 Å². The maximum Gasteiger partial charge on any atom is 0.336 e. The Morgan fingerprint density at radius 2 is 2.00 bits per heavy atom. The van der Waals surface area contributed by atoms with Crippen molar-refractivity contribution in [2.75, 3.05) is 6.61 Å². The number of fused-ring (bicyclic) bond motifs is 1. The van der Waals surface area contributed by atoms with Crippen LogP contribution in [-0.2, 0) is 6.54 Å². The minimum Gasteiger partial charge on any atom is -0.491 e. The van der Waals surface area contributed by atoms with Crippen molar-refractivity contribution in [1.29, 1.82) is 0 Å². The predicted octanol–water partition coefficient (Wildman–Crippen LogP) is 2.66. The maximum atomic E-state index is 11.5. The van der Waals surface area contributed by atoms with Crippen LogP contribution in [0, 0.1) is 27.7 Å². The third kappa shape index (κ3) is 3.58. The van der Waals surface area contributed by atoms with Gasteiger partial charge in [0, 0.05) is 23.2 Å². The molecule has 0 saturated heterocycles. The largest absolute Gasteiger partial charge is 0.491 e. The molecule has 6 nitrogen and oxygen atoms in total. The lowest BCUT2D eigenvalue weighted by Crippen LogP contribution is -2.24. The Kier molecular flexibility index (Phi) is 4.63. The van der Waals surface area contributed by atoms with E-state index in [0.717, 1.165) is 27.9 Å². The van der Waals surface area contributed by atoms with Crippen LogP contribution in [0.2, 0.25) is 0 Å². The van der Waals surface area contributed by atoms with Crippen LogP contribution in [0.5, 0.6) is 5.75 Å². The predicted molar refractivity (Wildman–Crippen MR) is 95.2 cm³/mol. The highest BCUT2D eigenvalue weighted by molar-refractivity contribution is 5.81. The van der Waals surface area contributed by atoms with Gasteiger partial charge in [-0.05, 0) is 51.0 Å². The Bertz CT molecular complexity index is 971. The van der Waals surface area contributed by atoms with E-state index in [1.807, 2.05) is 33.8 Å². The van der Waals surface area contributed by atoms with E-state index >= 15 is 0 Å². The lowest BCUT2D eigenvalue weighted by molar-refractivity contribution is 0.0887. The summed E-state index contributed by atoms with van der Waals surface area (Å²) in [7, 11) is 0. The first-order valence-electron chi connectivity index (χ1n) is 8.21. The SMILES string of the molecule is Cc1nn(C[C@H](O)COc2ccc3c(C)cc(=O)oc3c2)c(C)c1C. The van der Waals surface area contributed by atoms with Crippen molar-refractivity contribution >= 4 is 11.0 Å². The fourth-order valence-corrected chi connectivity index (χ4v) is 2.80. The summed E-state index contributed by atoms with van der Waals surface area (Å²) in [4.78, 5) is 11.5. The molecule has 0 aliphatic heterocycles. The molecule has 0 fully saturated rings. The number of aliphatic hydroxyl groups is 1. The van der Waals surface area contributed by atoms with E-state index in [4.69, 9.17) is 9.15 Å². The van der Waals surface area contributed by atoms with Crippen LogP contribution in [-0.4, -0.2) is 27.6 Å². The second-order valence-corrected chi connectivity index (χ2v) is 6.35. The van der Waals surface area contributed by atoms with Gasteiger partial charge in [-0.3, -0.25) is 4.68 Å². The maximum absolute atomic E-state index is 11.5.